The van der Waals surface area contributed by atoms with E-state index >= 15 is 0 Å². The molecule has 0 fully saturated rings. The molecule has 0 aliphatic rings. The quantitative estimate of drug-likeness (QED) is 0.847. The summed E-state index contributed by atoms with van der Waals surface area (Å²) in [4.78, 5) is 4.04. The summed E-state index contributed by atoms with van der Waals surface area (Å²) < 4.78 is 10.9. The van der Waals surface area contributed by atoms with Crippen LogP contribution >= 0.6 is 0 Å². The monoisotopic (exact) mass is 286 g/mol. The van der Waals surface area contributed by atoms with Gasteiger partial charge < -0.3 is 14.8 Å². The van der Waals surface area contributed by atoms with Crippen LogP contribution in [0.5, 0.6) is 11.5 Å². The molecule has 0 unspecified atom stereocenters. The van der Waals surface area contributed by atoms with Crippen molar-refractivity contribution >= 4 is 0 Å². The van der Waals surface area contributed by atoms with E-state index in [1.54, 1.807) is 7.11 Å². The first-order valence-electron chi connectivity index (χ1n) is 7.17. The highest BCUT2D eigenvalue weighted by Crippen LogP contribution is 2.28. The molecule has 0 saturated heterocycles. The summed E-state index contributed by atoms with van der Waals surface area (Å²) in [5, 5.41) is 3.50. The second-order valence-electron chi connectivity index (χ2n) is 4.80. The predicted octanol–water partition coefficient (Wildman–Crippen LogP) is 3.34. The Balaban J connectivity index is 2.01. The molecule has 0 bridgehead atoms. The minimum atomic E-state index is 0.269. The third-order valence-corrected chi connectivity index (χ3v) is 3.35. The van der Waals surface area contributed by atoms with E-state index in [1.807, 2.05) is 49.6 Å². The van der Waals surface area contributed by atoms with Gasteiger partial charge >= 0.3 is 0 Å². The minimum absolute atomic E-state index is 0.269. The Bertz CT molecular complexity index is 558. The number of aromatic nitrogens is 1. The van der Waals surface area contributed by atoms with Crippen LogP contribution in [0.25, 0.3) is 0 Å². The Morgan fingerprint density at radius 2 is 1.90 bits per heavy atom. The minimum Gasteiger partial charge on any atom is -0.493 e. The van der Waals surface area contributed by atoms with E-state index in [4.69, 9.17) is 9.47 Å². The van der Waals surface area contributed by atoms with E-state index in [9.17, 15) is 0 Å². The van der Waals surface area contributed by atoms with Gasteiger partial charge in [-0.1, -0.05) is 6.07 Å². The highest BCUT2D eigenvalue weighted by atomic mass is 16.5. The average Bonchev–Trinajstić information content (AvgIpc) is 2.54. The molecule has 1 N–H and O–H groups in total. The van der Waals surface area contributed by atoms with Gasteiger partial charge in [-0.15, -0.1) is 0 Å². The summed E-state index contributed by atoms with van der Waals surface area (Å²) in [6.07, 6.45) is 3.63. The van der Waals surface area contributed by atoms with E-state index in [1.165, 1.54) is 11.1 Å². The first-order chi connectivity index (χ1) is 10.2. The molecule has 0 saturated carbocycles. The lowest BCUT2D eigenvalue weighted by Crippen LogP contribution is -2.18. The fraction of sp³-hybridized carbons (Fsp3) is 0.353. The van der Waals surface area contributed by atoms with Crippen LogP contribution in [0.1, 0.15) is 31.0 Å². The van der Waals surface area contributed by atoms with E-state index < -0.39 is 0 Å². The Morgan fingerprint density at radius 1 is 1.14 bits per heavy atom. The van der Waals surface area contributed by atoms with Crippen LogP contribution in [0.15, 0.2) is 42.7 Å². The number of pyridine rings is 1. The third kappa shape index (κ3) is 4.20. The van der Waals surface area contributed by atoms with Crippen LogP contribution in [-0.2, 0) is 6.54 Å². The molecule has 0 spiro atoms. The van der Waals surface area contributed by atoms with Crippen molar-refractivity contribution in [2.24, 2.45) is 0 Å². The van der Waals surface area contributed by atoms with Crippen molar-refractivity contribution < 1.29 is 9.47 Å². The van der Waals surface area contributed by atoms with Crippen molar-refractivity contribution in [1.29, 1.82) is 0 Å². The molecular weight excluding hydrogens is 264 g/mol. The zero-order chi connectivity index (χ0) is 15.1. The number of nitrogens with one attached hydrogen (secondary N) is 1. The summed E-state index contributed by atoms with van der Waals surface area (Å²) in [6, 6.07) is 10.3. The van der Waals surface area contributed by atoms with Gasteiger partial charge in [-0.05, 0) is 49.2 Å². The van der Waals surface area contributed by atoms with E-state index in [2.05, 4.69) is 17.2 Å². The molecular formula is C17H22N2O2. The van der Waals surface area contributed by atoms with Crippen molar-refractivity contribution in [1.82, 2.24) is 10.3 Å². The van der Waals surface area contributed by atoms with Gasteiger partial charge in [0, 0.05) is 25.0 Å². The predicted molar refractivity (Wildman–Crippen MR) is 83.7 cm³/mol. The Morgan fingerprint density at radius 3 is 2.57 bits per heavy atom. The SMILES string of the molecule is CCOc1cc(CN[C@@H](C)c2ccncc2)ccc1OC. The van der Waals surface area contributed by atoms with Gasteiger partial charge in [0.05, 0.1) is 13.7 Å². The van der Waals surface area contributed by atoms with Gasteiger partial charge in [0.1, 0.15) is 0 Å². The van der Waals surface area contributed by atoms with E-state index in [0.717, 1.165) is 18.0 Å². The van der Waals surface area contributed by atoms with Gasteiger partial charge in [-0.2, -0.15) is 0 Å². The number of ether oxygens (including phenoxy) is 2. The molecule has 1 heterocycles. The topological polar surface area (TPSA) is 43.4 Å². The Kier molecular flexibility index (Phi) is 5.58. The summed E-state index contributed by atoms with van der Waals surface area (Å²) in [7, 11) is 1.65. The molecule has 0 radical (unpaired) electrons. The summed E-state index contributed by atoms with van der Waals surface area (Å²) >= 11 is 0. The van der Waals surface area contributed by atoms with Gasteiger partial charge in [0.15, 0.2) is 11.5 Å². The zero-order valence-corrected chi connectivity index (χ0v) is 12.8. The first-order valence-corrected chi connectivity index (χ1v) is 7.17. The van der Waals surface area contributed by atoms with Crippen molar-refractivity contribution in [2.75, 3.05) is 13.7 Å². The number of hydrogen-bond acceptors (Lipinski definition) is 4. The first kappa shape index (κ1) is 15.3. The lowest BCUT2D eigenvalue weighted by molar-refractivity contribution is 0.310. The maximum atomic E-state index is 5.60. The summed E-state index contributed by atoms with van der Waals surface area (Å²) in [6.45, 7) is 5.51. The summed E-state index contributed by atoms with van der Waals surface area (Å²) in [5.41, 5.74) is 2.39. The number of nitrogens with zero attached hydrogens (tertiary/aromatic N) is 1. The van der Waals surface area contributed by atoms with Gasteiger partial charge in [0.2, 0.25) is 0 Å². The highest BCUT2D eigenvalue weighted by molar-refractivity contribution is 5.43. The molecule has 0 aliphatic heterocycles. The van der Waals surface area contributed by atoms with Crippen molar-refractivity contribution in [2.45, 2.75) is 26.4 Å². The van der Waals surface area contributed by atoms with Gasteiger partial charge in [-0.25, -0.2) is 0 Å². The number of benzene rings is 1. The number of hydrogen-bond donors (Lipinski definition) is 1. The van der Waals surface area contributed by atoms with E-state index in [-0.39, 0.29) is 6.04 Å². The van der Waals surface area contributed by atoms with Crippen LogP contribution in [0.3, 0.4) is 0 Å². The van der Waals surface area contributed by atoms with Crippen LogP contribution in [0.4, 0.5) is 0 Å². The molecule has 112 valence electrons. The maximum Gasteiger partial charge on any atom is 0.161 e. The third-order valence-electron chi connectivity index (χ3n) is 3.35. The smallest absolute Gasteiger partial charge is 0.161 e. The number of methoxy groups -OCH3 is 1. The van der Waals surface area contributed by atoms with Crippen LogP contribution in [0, 0.1) is 0 Å². The lowest BCUT2D eigenvalue weighted by Gasteiger charge is -2.15. The maximum absolute atomic E-state index is 5.60. The molecule has 4 heteroatoms. The second-order valence-corrected chi connectivity index (χ2v) is 4.80. The van der Waals surface area contributed by atoms with Crippen molar-refractivity contribution in [3.8, 4) is 11.5 Å². The van der Waals surface area contributed by atoms with E-state index in [0.29, 0.717) is 6.61 Å². The lowest BCUT2D eigenvalue weighted by atomic mass is 10.1. The average molecular weight is 286 g/mol. The van der Waals surface area contributed by atoms with Crippen molar-refractivity contribution in [3.63, 3.8) is 0 Å². The fourth-order valence-corrected chi connectivity index (χ4v) is 2.14. The van der Waals surface area contributed by atoms with Gasteiger partial charge in [-0.3, -0.25) is 4.98 Å². The molecule has 1 aromatic heterocycles. The molecule has 1 aromatic carbocycles. The normalized spacial score (nSPS) is 12.0. The van der Waals surface area contributed by atoms with Gasteiger partial charge in [0.25, 0.3) is 0 Å². The second kappa shape index (κ2) is 7.64. The molecule has 2 rings (SSSR count). The van der Waals surface area contributed by atoms with Crippen molar-refractivity contribution in [3.05, 3.63) is 53.9 Å². The molecule has 0 aliphatic carbocycles. The molecule has 0 amide bonds. The molecule has 1 atom stereocenters. The zero-order valence-electron chi connectivity index (χ0n) is 12.8. The number of rotatable bonds is 7. The fourth-order valence-electron chi connectivity index (χ4n) is 2.14. The van der Waals surface area contributed by atoms with Crippen LogP contribution in [0.2, 0.25) is 0 Å². The molecule has 21 heavy (non-hydrogen) atoms. The Labute approximate surface area is 126 Å². The molecule has 2 aromatic rings. The highest BCUT2D eigenvalue weighted by Gasteiger charge is 2.07. The standard InChI is InChI=1S/C17H22N2O2/c1-4-21-17-11-14(5-6-16(17)20-3)12-19-13(2)15-7-9-18-10-8-15/h5-11,13,19H,4,12H2,1-3H3/t13-/m0/s1. The van der Waals surface area contributed by atoms with Crippen LogP contribution < -0.4 is 14.8 Å². The summed E-state index contributed by atoms with van der Waals surface area (Å²) in [5.74, 6) is 1.55. The Hall–Kier alpha value is -2.07. The van der Waals surface area contributed by atoms with Crippen LogP contribution in [-0.4, -0.2) is 18.7 Å². The largest absolute Gasteiger partial charge is 0.493 e. The molecule has 4 nitrogen and oxygen atoms in total.